The zero-order valence-electron chi connectivity index (χ0n) is 16.0. The van der Waals surface area contributed by atoms with Gasteiger partial charge in [0.05, 0.1) is 0 Å². The number of para-hydroxylation sites is 1. The van der Waals surface area contributed by atoms with E-state index < -0.39 is 17.6 Å². The van der Waals surface area contributed by atoms with Crippen LogP contribution in [0.1, 0.15) is 51.0 Å². The Hall–Kier alpha value is -3.48. The van der Waals surface area contributed by atoms with Crippen LogP contribution in [-0.2, 0) is 19.3 Å². The maximum absolute atomic E-state index is 14.2. The van der Waals surface area contributed by atoms with Gasteiger partial charge in [0.1, 0.15) is 11.5 Å². The van der Waals surface area contributed by atoms with Crippen molar-refractivity contribution >= 4 is 11.8 Å². The first-order valence-electron chi connectivity index (χ1n) is 9.63. The lowest BCUT2D eigenvalue weighted by Crippen LogP contribution is -2.42. The van der Waals surface area contributed by atoms with E-state index in [4.69, 9.17) is 0 Å². The fraction of sp³-hybridized carbons (Fsp3) is 0.227. The molecule has 148 valence electrons. The summed E-state index contributed by atoms with van der Waals surface area (Å²) in [5.41, 5.74) is 8.58. The molecule has 0 unspecified atom stereocenters. The zero-order valence-corrected chi connectivity index (χ0v) is 16.0. The summed E-state index contributed by atoms with van der Waals surface area (Å²) in [6.07, 6.45) is 3.17. The van der Waals surface area contributed by atoms with E-state index in [9.17, 15) is 14.0 Å². The molecule has 0 bridgehead atoms. The molecule has 0 saturated carbocycles. The molecule has 1 aromatic heterocycles. The summed E-state index contributed by atoms with van der Waals surface area (Å²) in [6.45, 7) is 2.04. The van der Waals surface area contributed by atoms with E-state index in [1.165, 1.54) is 10.7 Å². The van der Waals surface area contributed by atoms with Gasteiger partial charge < -0.3 is 0 Å². The summed E-state index contributed by atoms with van der Waals surface area (Å²) in [6, 6.07) is 13.5. The van der Waals surface area contributed by atoms with E-state index >= 15 is 0 Å². The normalized spacial score (nSPS) is 12.5. The fourth-order valence-electron chi connectivity index (χ4n) is 3.58. The summed E-state index contributed by atoms with van der Waals surface area (Å²) in [4.78, 5) is 25.0. The van der Waals surface area contributed by atoms with Gasteiger partial charge in [0.25, 0.3) is 11.8 Å². The molecule has 29 heavy (non-hydrogen) atoms. The zero-order chi connectivity index (χ0) is 20.4. The van der Waals surface area contributed by atoms with Gasteiger partial charge in [0.15, 0.2) is 5.69 Å². The number of hydrazine groups is 1. The lowest BCUT2D eigenvalue weighted by molar-refractivity contribution is 0.0843. The average molecular weight is 392 g/mol. The fourth-order valence-corrected chi connectivity index (χ4v) is 3.58. The molecule has 4 rings (SSSR count). The first-order chi connectivity index (χ1) is 14.1. The number of carbonyl (C=O) groups excluding carboxylic acids is 2. The Labute approximate surface area is 167 Å². The van der Waals surface area contributed by atoms with Crippen molar-refractivity contribution in [1.82, 2.24) is 20.6 Å². The number of halogens is 1. The van der Waals surface area contributed by atoms with Gasteiger partial charge in [0.2, 0.25) is 0 Å². The van der Waals surface area contributed by atoms with E-state index in [0.717, 1.165) is 36.1 Å². The maximum Gasteiger partial charge on any atom is 0.290 e. The molecular formula is C22H21FN4O2. The first kappa shape index (κ1) is 18.9. The Bertz CT molecular complexity index is 1070. The number of nitrogens with zero attached hydrogens (tertiary/aromatic N) is 2. The summed E-state index contributed by atoms with van der Waals surface area (Å²) < 4.78 is 15.7. The van der Waals surface area contributed by atoms with E-state index in [-0.39, 0.29) is 5.69 Å². The largest absolute Gasteiger partial charge is 0.290 e. The van der Waals surface area contributed by atoms with Crippen LogP contribution >= 0.6 is 0 Å². The van der Waals surface area contributed by atoms with Crippen LogP contribution in [-0.4, -0.2) is 21.6 Å². The number of aromatic nitrogens is 2. The van der Waals surface area contributed by atoms with Gasteiger partial charge in [-0.3, -0.25) is 20.4 Å². The number of amides is 2. The van der Waals surface area contributed by atoms with Crippen molar-refractivity contribution in [3.8, 4) is 5.69 Å². The summed E-state index contributed by atoms with van der Waals surface area (Å²) in [7, 11) is 0. The van der Waals surface area contributed by atoms with E-state index in [0.29, 0.717) is 17.7 Å². The molecule has 0 aliphatic heterocycles. The highest BCUT2D eigenvalue weighted by molar-refractivity contribution is 5.99. The predicted octanol–water partition coefficient (Wildman–Crippen LogP) is 3.14. The highest BCUT2D eigenvalue weighted by Gasteiger charge is 2.28. The van der Waals surface area contributed by atoms with E-state index in [1.54, 1.807) is 30.3 Å². The molecule has 2 aromatic carbocycles. The highest BCUT2D eigenvalue weighted by Crippen LogP contribution is 2.28. The van der Waals surface area contributed by atoms with Crippen molar-refractivity contribution in [2.45, 2.75) is 32.6 Å². The van der Waals surface area contributed by atoms with Crippen molar-refractivity contribution in [1.29, 1.82) is 0 Å². The molecule has 0 saturated heterocycles. The van der Waals surface area contributed by atoms with Gasteiger partial charge in [-0.05, 0) is 55.5 Å². The molecule has 0 radical (unpaired) electrons. The van der Waals surface area contributed by atoms with Crippen molar-refractivity contribution < 1.29 is 14.0 Å². The van der Waals surface area contributed by atoms with Crippen molar-refractivity contribution in [2.24, 2.45) is 0 Å². The maximum atomic E-state index is 14.2. The van der Waals surface area contributed by atoms with Crippen LogP contribution in [0, 0.1) is 5.82 Å². The van der Waals surface area contributed by atoms with Gasteiger partial charge in [-0.2, -0.15) is 5.10 Å². The molecule has 3 aromatic rings. The van der Waals surface area contributed by atoms with Crippen LogP contribution in [0.3, 0.4) is 0 Å². The number of rotatable bonds is 4. The summed E-state index contributed by atoms with van der Waals surface area (Å²) >= 11 is 0. The number of fused-ring (bicyclic) bond motifs is 1. The topological polar surface area (TPSA) is 76.0 Å². The molecule has 7 heteroatoms. The third-order valence-electron chi connectivity index (χ3n) is 5.14. The molecule has 1 aliphatic rings. The minimum Gasteiger partial charge on any atom is -0.267 e. The Morgan fingerprint density at radius 1 is 1.03 bits per heavy atom. The molecule has 2 N–H and O–H groups in total. The summed E-state index contributed by atoms with van der Waals surface area (Å²) in [5, 5.41) is 4.35. The lowest BCUT2D eigenvalue weighted by atomic mass is 10.1. The Morgan fingerprint density at radius 2 is 1.76 bits per heavy atom. The first-order valence-corrected chi connectivity index (χ1v) is 9.63. The van der Waals surface area contributed by atoms with Gasteiger partial charge >= 0.3 is 0 Å². The van der Waals surface area contributed by atoms with Crippen LogP contribution in [0.25, 0.3) is 5.69 Å². The Kier molecular flexibility index (Phi) is 5.12. The molecule has 0 atom stereocenters. The molecule has 1 heterocycles. The smallest absolute Gasteiger partial charge is 0.267 e. The predicted molar refractivity (Wildman–Crippen MR) is 106 cm³/mol. The van der Waals surface area contributed by atoms with Gasteiger partial charge in [-0.25, -0.2) is 9.07 Å². The highest BCUT2D eigenvalue weighted by atomic mass is 19.1. The molecule has 6 nitrogen and oxygen atoms in total. The van der Waals surface area contributed by atoms with Gasteiger partial charge in [-0.15, -0.1) is 0 Å². The third-order valence-corrected chi connectivity index (χ3v) is 5.14. The minimum atomic E-state index is -0.517. The van der Waals surface area contributed by atoms with Crippen LogP contribution in [0.2, 0.25) is 0 Å². The third kappa shape index (κ3) is 3.63. The second-order valence-electron chi connectivity index (χ2n) is 6.95. The second-order valence-corrected chi connectivity index (χ2v) is 6.95. The second kappa shape index (κ2) is 7.87. The standard InChI is InChI=1S/C22H21FN4O2/c1-2-14-10-12-15(13-11-14)21(28)24-25-22(29)20-16-6-5-9-18(16)27(26-20)19-8-4-3-7-17(19)23/h3-4,7-8,10-13H,2,5-6,9H2,1H3,(H,24,28)(H,25,29). The molecular weight excluding hydrogens is 371 g/mol. The lowest BCUT2D eigenvalue weighted by Gasteiger charge is -2.08. The minimum absolute atomic E-state index is 0.211. The van der Waals surface area contributed by atoms with E-state index in [2.05, 4.69) is 16.0 Å². The number of aryl methyl sites for hydroxylation is 1. The molecule has 0 fully saturated rings. The molecule has 1 aliphatic carbocycles. The number of carbonyl (C=O) groups is 2. The number of benzene rings is 2. The monoisotopic (exact) mass is 392 g/mol. The van der Waals surface area contributed by atoms with Crippen LogP contribution in [0.5, 0.6) is 0 Å². The molecule has 0 spiro atoms. The number of nitrogens with one attached hydrogen (secondary N) is 2. The SMILES string of the molecule is CCc1ccc(C(=O)NNC(=O)c2nn(-c3ccccc3F)c3c2CCC3)cc1. The van der Waals surface area contributed by atoms with Crippen molar-refractivity contribution in [3.05, 3.63) is 82.4 Å². The number of hydrogen-bond acceptors (Lipinski definition) is 3. The Balaban J connectivity index is 1.53. The van der Waals surface area contributed by atoms with Crippen molar-refractivity contribution in [3.63, 3.8) is 0 Å². The van der Waals surface area contributed by atoms with Gasteiger partial charge in [-0.1, -0.05) is 31.2 Å². The van der Waals surface area contributed by atoms with Crippen LogP contribution in [0.15, 0.2) is 48.5 Å². The van der Waals surface area contributed by atoms with Crippen LogP contribution in [0.4, 0.5) is 4.39 Å². The average Bonchev–Trinajstić information content (AvgIpc) is 3.35. The van der Waals surface area contributed by atoms with E-state index in [1.807, 2.05) is 19.1 Å². The number of hydrogen-bond donors (Lipinski definition) is 2. The quantitative estimate of drug-likeness (QED) is 0.670. The molecule has 2 amide bonds. The van der Waals surface area contributed by atoms with Crippen molar-refractivity contribution in [2.75, 3.05) is 0 Å². The summed E-state index contributed by atoms with van der Waals surface area (Å²) in [5.74, 6) is -1.33. The van der Waals surface area contributed by atoms with Crippen LogP contribution < -0.4 is 10.9 Å². The Morgan fingerprint density at radius 3 is 2.48 bits per heavy atom. The van der Waals surface area contributed by atoms with Gasteiger partial charge in [0, 0.05) is 16.8 Å².